The van der Waals surface area contributed by atoms with Gasteiger partial charge in [-0.15, -0.1) is 0 Å². The smallest absolute Gasteiger partial charge is 0.256 e. The number of nitrogens with one attached hydrogen (secondary N) is 1. The van der Waals surface area contributed by atoms with Gasteiger partial charge >= 0.3 is 0 Å². The molecule has 126 valence electrons. The highest BCUT2D eigenvalue weighted by Crippen LogP contribution is 2.32. The van der Waals surface area contributed by atoms with Crippen molar-refractivity contribution < 1.29 is 14.3 Å². The van der Waals surface area contributed by atoms with Gasteiger partial charge in [-0.2, -0.15) is 5.10 Å². The van der Waals surface area contributed by atoms with Crippen molar-refractivity contribution in [3.8, 4) is 11.5 Å². The van der Waals surface area contributed by atoms with Crippen molar-refractivity contribution in [2.24, 2.45) is 0 Å². The largest absolute Gasteiger partial charge is 0.486 e. The van der Waals surface area contributed by atoms with Gasteiger partial charge in [-0.3, -0.25) is 4.79 Å². The molecule has 2 aromatic rings. The van der Waals surface area contributed by atoms with Gasteiger partial charge in [-0.25, -0.2) is 4.68 Å². The number of nitrogens with zero attached hydrogens (tertiary/aromatic N) is 2. The standard InChI is InChI=1S/C18H21N3O3/c22-18(13-6-7-15-16(12-13)24-11-10-23-15)20-17-8-9-19-21(17)14-4-2-1-3-5-14/h6-9,12,14H,1-5,10-11H2,(H,20,22). The Morgan fingerprint density at radius 3 is 2.71 bits per heavy atom. The highest BCUT2D eigenvalue weighted by atomic mass is 16.6. The maximum absolute atomic E-state index is 12.6. The molecule has 1 aromatic heterocycles. The summed E-state index contributed by atoms with van der Waals surface area (Å²) in [7, 11) is 0. The second-order valence-electron chi connectivity index (χ2n) is 6.27. The van der Waals surface area contributed by atoms with E-state index in [9.17, 15) is 4.79 Å². The molecule has 0 bridgehead atoms. The molecule has 6 nitrogen and oxygen atoms in total. The third-order valence-corrected chi connectivity index (χ3v) is 4.64. The van der Waals surface area contributed by atoms with Crippen LogP contribution in [0.1, 0.15) is 48.5 Å². The predicted octanol–water partition coefficient (Wildman–Crippen LogP) is 3.41. The van der Waals surface area contributed by atoms with Crippen LogP contribution in [0.2, 0.25) is 0 Å². The summed E-state index contributed by atoms with van der Waals surface area (Å²) in [5.74, 6) is 1.89. The molecule has 0 unspecified atom stereocenters. The van der Waals surface area contributed by atoms with Crippen molar-refractivity contribution in [2.45, 2.75) is 38.1 Å². The zero-order valence-corrected chi connectivity index (χ0v) is 13.5. The molecule has 1 N–H and O–H groups in total. The number of anilines is 1. The van der Waals surface area contributed by atoms with Crippen molar-refractivity contribution in [3.05, 3.63) is 36.0 Å². The molecule has 0 atom stereocenters. The molecule has 1 amide bonds. The molecule has 4 rings (SSSR count). The maximum atomic E-state index is 12.6. The summed E-state index contributed by atoms with van der Waals surface area (Å²) in [4.78, 5) is 12.6. The Bertz CT molecular complexity index is 735. The van der Waals surface area contributed by atoms with E-state index in [2.05, 4.69) is 10.4 Å². The number of rotatable bonds is 3. The Hall–Kier alpha value is -2.50. The van der Waals surface area contributed by atoms with Crippen molar-refractivity contribution in [1.82, 2.24) is 9.78 Å². The number of hydrogen-bond acceptors (Lipinski definition) is 4. The molecule has 1 aromatic carbocycles. The van der Waals surface area contributed by atoms with Crippen LogP contribution in [0.3, 0.4) is 0 Å². The zero-order chi connectivity index (χ0) is 16.4. The van der Waals surface area contributed by atoms with E-state index in [0.717, 1.165) is 18.7 Å². The molecule has 6 heteroatoms. The normalized spacial score (nSPS) is 17.5. The lowest BCUT2D eigenvalue weighted by atomic mass is 9.96. The van der Waals surface area contributed by atoms with Crippen molar-refractivity contribution in [3.63, 3.8) is 0 Å². The van der Waals surface area contributed by atoms with Crippen molar-refractivity contribution in [2.75, 3.05) is 18.5 Å². The number of aromatic nitrogens is 2. The third kappa shape index (κ3) is 2.96. The average Bonchev–Trinajstić information content (AvgIpc) is 3.10. The minimum Gasteiger partial charge on any atom is -0.486 e. The molecule has 2 aliphatic rings. The van der Waals surface area contributed by atoms with E-state index in [1.54, 1.807) is 24.4 Å². The number of hydrogen-bond donors (Lipinski definition) is 1. The average molecular weight is 327 g/mol. The quantitative estimate of drug-likeness (QED) is 0.938. The fourth-order valence-corrected chi connectivity index (χ4v) is 3.40. The van der Waals surface area contributed by atoms with E-state index < -0.39 is 0 Å². The first-order chi connectivity index (χ1) is 11.8. The lowest BCUT2D eigenvalue weighted by Gasteiger charge is -2.24. The summed E-state index contributed by atoms with van der Waals surface area (Å²) in [5, 5.41) is 7.39. The molecule has 0 spiro atoms. The van der Waals surface area contributed by atoms with E-state index >= 15 is 0 Å². The number of ether oxygens (including phenoxy) is 2. The molecule has 1 aliphatic heterocycles. The van der Waals surface area contributed by atoms with Gasteiger partial charge in [-0.1, -0.05) is 19.3 Å². The Morgan fingerprint density at radius 1 is 1.08 bits per heavy atom. The molecular formula is C18H21N3O3. The van der Waals surface area contributed by atoms with E-state index in [0.29, 0.717) is 36.3 Å². The number of benzene rings is 1. The summed E-state index contributed by atoms with van der Waals surface area (Å²) in [5.41, 5.74) is 0.552. The number of carbonyl (C=O) groups is 1. The summed E-state index contributed by atoms with van der Waals surface area (Å²) in [6.07, 6.45) is 7.72. The number of amides is 1. The molecule has 0 saturated heterocycles. The number of fused-ring (bicyclic) bond motifs is 1. The summed E-state index contributed by atoms with van der Waals surface area (Å²) >= 11 is 0. The highest BCUT2D eigenvalue weighted by molar-refractivity contribution is 6.04. The third-order valence-electron chi connectivity index (χ3n) is 4.64. The highest BCUT2D eigenvalue weighted by Gasteiger charge is 2.20. The molecule has 2 heterocycles. The van der Waals surface area contributed by atoms with Crippen LogP contribution >= 0.6 is 0 Å². The van der Waals surface area contributed by atoms with E-state index in [4.69, 9.17) is 9.47 Å². The van der Waals surface area contributed by atoms with Crippen LogP contribution in [-0.2, 0) is 0 Å². The summed E-state index contributed by atoms with van der Waals surface area (Å²) in [6, 6.07) is 7.49. The fourth-order valence-electron chi connectivity index (χ4n) is 3.40. The summed E-state index contributed by atoms with van der Waals surface area (Å²) < 4.78 is 13.0. The molecule has 24 heavy (non-hydrogen) atoms. The molecule has 1 aliphatic carbocycles. The first-order valence-electron chi connectivity index (χ1n) is 8.56. The van der Waals surface area contributed by atoms with Crippen LogP contribution in [0.4, 0.5) is 5.82 Å². The lowest BCUT2D eigenvalue weighted by Crippen LogP contribution is -2.21. The predicted molar refractivity (Wildman–Crippen MR) is 89.7 cm³/mol. The van der Waals surface area contributed by atoms with Crippen LogP contribution in [0, 0.1) is 0 Å². The second-order valence-corrected chi connectivity index (χ2v) is 6.27. The van der Waals surface area contributed by atoms with Gasteiger partial charge < -0.3 is 14.8 Å². The number of carbonyl (C=O) groups excluding carboxylic acids is 1. The van der Waals surface area contributed by atoms with Crippen LogP contribution in [-0.4, -0.2) is 28.9 Å². The van der Waals surface area contributed by atoms with Crippen LogP contribution in [0.25, 0.3) is 0 Å². The summed E-state index contributed by atoms with van der Waals surface area (Å²) in [6.45, 7) is 1.05. The minimum atomic E-state index is -0.162. The Balaban J connectivity index is 1.51. The van der Waals surface area contributed by atoms with Gasteiger partial charge in [0.2, 0.25) is 0 Å². The Labute approximate surface area is 140 Å². The second kappa shape index (κ2) is 6.55. The van der Waals surface area contributed by atoms with E-state index in [-0.39, 0.29) is 5.91 Å². The van der Waals surface area contributed by atoms with Gasteiger partial charge in [0, 0.05) is 11.6 Å². The Kier molecular flexibility index (Phi) is 4.11. The van der Waals surface area contributed by atoms with Crippen LogP contribution in [0.15, 0.2) is 30.5 Å². The lowest BCUT2D eigenvalue weighted by molar-refractivity contribution is 0.102. The maximum Gasteiger partial charge on any atom is 0.256 e. The SMILES string of the molecule is O=C(Nc1ccnn1C1CCCCC1)c1ccc2c(c1)OCCO2. The van der Waals surface area contributed by atoms with Crippen molar-refractivity contribution >= 4 is 11.7 Å². The molecule has 1 saturated carbocycles. The van der Waals surface area contributed by atoms with Gasteiger partial charge in [0.05, 0.1) is 12.2 Å². The zero-order valence-electron chi connectivity index (χ0n) is 13.5. The molecular weight excluding hydrogens is 306 g/mol. The van der Waals surface area contributed by atoms with Gasteiger partial charge in [0.1, 0.15) is 19.0 Å². The monoisotopic (exact) mass is 327 g/mol. The topological polar surface area (TPSA) is 65.4 Å². The van der Waals surface area contributed by atoms with E-state index in [1.165, 1.54) is 19.3 Å². The Morgan fingerprint density at radius 2 is 1.88 bits per heavy atom. The van der Waals surface area contributed by atoms with Crippen LogP contribution < -0.4 is 14.8 Å². The van der Waals surface area contributed by atoms with Gasteiger partial charge in [0.25, 0.3) is 5.91 Å². The van der Waals surface area contributed by atoms with Crippen molar-refractivity contribution in [1.29, 1.82) is 0 Å². The molecule has 0 radical (unpaired) electrons. The first-order valence-corrected chi connectivity index (χ1v) is 8.56. The van der Waals surface area contributed by atoms with Gasteiger partial charge in [0.15, 0.2) is 11.5 Å². The van der Waals surface area contributed by atoms with E-state index in [1.807, 2.05) is 10.7 Å². The van der Waals surface area contributed by atoms with Crippen LogP contribution in [0.5, 0.6) is 11.5 Å². The first kappa shape index (κ1) is 15.1. The van der Waals surface area contributed by atoms with Gasteiger partial charge in [-0.05, 0) is 31.0 Å². The fraction of sp³-hybridized carbons (Fsp3) is 0.444. The molecule has 1 fully saturated rings. The minimum absolute atomic E-state index is 0.162.